The van der Waals surface area contributed by atoms with Crippen molar-refractivity contribution in [1.82, 2.24) is 61.3 Å². The number of aliphatic hydroxyl groups is 2. The third-order valence-corrected chi connectivity index (χ3v) is 16.0. The standard InChI is InChI=1S/C24H28N4O4.C21H22N4O4.C17H21NO4.C10H15NO4.C8H7ClO2.C7H10N4O4.C4H8O2.2C2H6.CH4O/c1-24(2,3)32-23(30)25-21(22(29)31-17-19-12-8-5-9-13-19)14-20-16-28(27-26-20)15-18-10-6-4-7-11-18;1-27-29-16-22-20(21(26)28-15-18-10-6-3-7-11-18)12-19-14-25(24-23-19)13-17-8-4-2-5-9-17;1-5-9-14(18-16(20)22-17(2,3)4)15(19)21-12-13-10-7-6-8-11-13;1-5-6-7(8(12)13)11-9(14)15-10(2,3)4;9-8(10)11-6-7-4-2-1-3-5-7;1-14-15-4-8-6(7(12)13)2-5-3-9-11-10-5;5-4-2-1-3-6-4;3*1-2/h4-13,16,21H,14-15,17H2,1-3H3,(H,25,30);2-11,14,16,20H,12-13,15H2,1H3;1,6-8,10-11,14H,9,12H2,2-4H3,(H,18,20);1,7H,6H2,2-4H3,(H,11,14)(H,12,13);1-5H,6H2;3-4,6H,2H2,1H3,(H,12,13)(H,9,10,11);4-5H,1-3H2;2*1-2H3;2H,1H3/t21-;20-;;;;6-;;;;/m00...0..../s1. The predicted molar refractivity (Wildman–Crippen MR) is 504 cm³/mol. The Bertz CT molecular complexity index is 4930. The molecule has 1 fully saturated rings. The van der Waals surface area contributed by atoms with E-state index in [1.165, 1.54) is 20.4 Å². The lowest BCUT2D eigenvalue weighted by Crippen LogP contribution is -2.45. The summed E-state index contributed by atoms with van der Waals surface area (Å²) >= 11 is 4.97. The molecule has 1 saturated heterocycles. The van der Waals surface area contributed by atoms with Crippen LogP contribution >= 0.6 is 11.6 Å². The quantitative estimate of drug-likeness (QED) is 0.00271. The SMILES string of the molecule is C#CCC(NC(=O)OC(C)(C)C)C(=O)O.C#CCC(NC(=O)OC(C)(C)C)C(=O)OCc1ccccc1.CC.CC.CC(C)(C)OC(=O)N[C@@H](Cc1cn(Cc2ccccc2)nn1)C(=O)OCc1ccccc1.CO.COOC=N[C@@H](Cc1cn(Cc2ccccc2)nn1)C(=O)OCc1ccccc1.COOC=N[C@@H](Cc1cn[nH]n1)C(=O)O.O=C(Cl)OCc1ccccc1.OC1CCCO1. The van der Waals surface area contributed by atoms with Crippen LogP contribution in [0.1, 0.15) is 166 Å². The number of carbonyl (C=O) groups excluding carboxylic acids is 7. The lowest BCUT2D eigenvalue weighted by molar-refractivity contribution is -0.188. The smallest absolute Gasteiger partial charge is 0.408 e. The monoisotopic (exact) mass is 1910 g/mol. The van der Waals surface area contributed by atoms with Gasteiger partial charge in [-0.1, -0.05) is 220 Å². The van der Waals surface area contributed by atoms with Gasteiger partial charge in [-0.3, -0.25) is 0 Å². The minimum absolute atomic E-state index is 0.0346. The number of ether oxygens (including phenoxy) is 8. The van der Waals surface area contributed by atoms with Gasteiger partial charge in [0.15, 0.2) is 18.4 Å². The number of nitrogens with zero attached hydrogens (tertiary/aromatic N) is 10. The largest absolute Gasteiger partial charge is 0.480 e. The molecule has 3 unspecified atom stereocenters. The first kappa shape index (κ1) is 120. The third-order valence-electron chi connectivity index (χ3n) is 15.9. The average Bonchev–Trinajstić information content (AvgIpc) is 1.69. The first-order valence-electron chi connectivity index (χ1n) is 42.7. The van der Waals surface area contributed by atoms with E-state index in [4.69, 9.17) is 78.0 Å². The topological polar surface area (TPSA) is 509 Å². The van der Waals surface area contributed by atoms with Crippen molar-refractivity contribution in [1.29, 1.82) is 0 Å². The fourth-order valence-electron chi connectivity index (χ4n) is 10.1. The molecule has 39 nitrogen and oxygen atoms in total. The van der Waals surface area contributed by atoms with Crippen molar-refractivity contribution in [3.63, 3.8) is 0 Å². The van der Waals surface area contributed by atoms with E-state index in [9.17, 15) is 43.2 Å². The van der Waals surface area contributed by atoms with Crippen LogP contribution in [0.5, 0.6) is 0 Å². The van der Waals surface area contributed by atoms with Gasteiger partial charge in [0.1, 0.15) is 61.4 Å². The average molecular weight is 1910 g/mol. The second-order valence-corrected chi connectivity index (χ2v) is 30.6. The van der Waals surface area contributed by atoms with Crippen LogP contribution in [0.25, 0.3) is 0 Å². The maximum absolute atomic E-state index is 12.8. The molecule has 3 amide bonds. The molecule has 0 bridgehead atoms. The fourth-order valence-corrected chi connectivity index (χ4v) is 10.2. The number of halogens is 1. The number of carboxylic acids is 2. The van der Waals surface area contributed by atoms with Crippen LogP contribution in [0.3, 0.4) is 0 Å². The summed E-state index contributed by atoms with van der Waals surface area (Å²) in [6.45, 7) is 26.0. The minimum Gasteiger partial charge on any atom is -0.480 e. The summed E-state index contributed by atoms with van der Waals surface area (Å²) < 4.78 is 43.9. The maximum atomic E-state index is 12.8. The van der Waals surface area contributed by atoms with Crippen molar-refractivity contribution in [2.75, 3.05) is 27.9 Å². The summed E-state index contributed by atoms with van der Waals surface area (Å²) in [5, 5.41) is 66.4. The van der Waals surface area contributed by atoms with Gasteiger partial charge in [-0.05, 0) is 102 Å². The molecular formula is C96H127ClN14O25. The van der Waals surface area contributed by atoms with Crippen molar-refractivity contribution < 1.29 is 121 Å². The van der Waals surface area contributed by atoms with Crippen molar-refractivity contribution in [3.05, 3.63) is 251 Å². The highest BCUT2D eigenvalue weighted by molar-refractivity contribution is 6.61. The van der Waals surface area contributed by atoms with Gasteiger partial charge in [-0.15, -0.1) is 34.9 Å². The molecule has 0 aliphatic carbocycles. The highest BCUT2D eigenvalue weighted by atomic mass is 35.5. The summed E-state index contributed by atoms with van der Waals surface area (Å²) in [4.78, 5) is 129. The number of aromatic amines is 1. The number of hydrogen-bond donors (Lipinski definition) is 8. The number of esters is 3. The number of aliphatic imine (C=N–C) groups is 2. The van der Waals surface area contributed by atoms with Crippen LogP contribution in [-0.2, 0) is 140 Å². The Labute approximate surface area is 797 Å². The van der Waals surface area contributed by atoms with Gasteiger partial charge < -0.3 is 84.0 Å². The molecule has 9 aromatic rings. The summed E-state index contributed by atoms with van der Waals surface area (Å²) in [5.41, 5.74) is 4.62. The van der Waals surface area contributed by atoms with Gasteiger partial charge in [0.05, 0.1) is 50.6 Å². The molecule has 136 heavy (non-hydrogen) atoms. The molecule has 0 radical (unpaired) electrons. The first-order valence-corrected chi connectivity index (χ1v) is 43.1. The highest BCUT2D eigenvalue weighted by Crippen LogP contribution is 2.16. The molecule has 3 aromatic heterocycles. The Morgan fingerprint density at radius 3 is 1.15 bits per heavy atom. The first-order chi connectivity index (χ1) is 65.0. The predicted octanol–water partition coefficient (Wildman–Crippen LogP) is 13.5. The summed E-state index contributed by atoms with van der Waals surface area (Å²) in [7, 11) is 3.64. The van der Waals surface area contributed by atoms with Gasteiger partial charge in [-0.25, -0.2) is 62.5 Å². The third kappa shape index (κ3) is 59.1. The molecule has 0 saturated carbocycles. The number of H-pyrrole nitrogens is 1. The highest BCUT2D eigenvalue weighted by Gasteiger charge is 2.30. The molecule has 1 aliphatic rings. The van der Waals surface area contributed by atoms with Gasteiger partial charge in [-0.2, -0.15) is 25.2 Å². The number of carboxylic acid groups (broad SMARTS) is 2. The van der Waals surface area contributed by atoms with Gasteiger partial charge in [0, 0.05) is 76.2 Å². The Kier molecular flexibility index (Phi) is 61.8. The van der Waals surface area contributed by atoms with Crippen LogP contribution in [0, 0.1) is 24.7 Å². The van der Waals surface area contributed by atoms with E-state index in [0.29, 0.717) is 30.2 Å². The summed E-state index contributed by atoms with van der Waals surface area (Å²) in [5.74, 6) is 0.608. The van der Waals surface area contributed by atoms with Crippen molar-refractivity contribution in [2.45, 2.75) is 228 Å². The van der Waals surface area contributed by atoms with Crippen LogP contribution in [0.15, 0.2) is 211 Å². The van der Waals surface area contributed by atoms with E-state index >= 15 is 0 Å². The fraction of sp³-hybridized carbons (Fsp3) is 0.406. The van der Waals surface area contributed by atoms with E-state index in [-0.39, 0.29) is 58.5 Å². The normalized spacial score (nSPS) is 12.5. The molecule has 4 heterocycles. The van der Waals surface area contributed by atoms with E-state index < -0.39 is 107 Å². The second-order valence-electron chi connectivity index (χ2n) is 30.3. The zero-order valence-corrected chi connectivity index (χ0v) is 80.2. The zero-order valence-electron chi connectivity index (χ0n) is 79.4. The van der Waals surface area contributed by atoms with E-state index in [2.05, 4.69) is 98.1 Å². The molecule has 8 N–H and O–H groups in total. The van der Waals surface area contributed by atoms with Gasteiger partial charge in [0.2, 0.25) is 12.8 Å². The van der Waals surface area contributed by atoms with Crippen LogP contribution in [0.2, 0.25) is 0 Å². The summed E-state index contributed by atoms with van der Waals surface area (Å²) in [6, 6.07) is 52.4. The Hall–Kier alpha value is -14.5. The zero-order chi connectivity index (χ0) is 102. The number of aliphatic carboxylic acids is 2. The maximum Gasteiger partial charge on any atom is 0.408 e. The molecule has 6 aromatic carbocycles. The number of nitrogens with one attached hydrogen (secondary N) is 4. The molecule has 6 atom stereocenters. The number of aromatic nitrogens is 9. The van der Waals surface area contributed by atoms with Crippen molar-refractivity contribution in [2.24, 2.45) is 9.98 Å². The number of alkyl carbamates (subject to hydrolysis) is 3. The molecule has 0 spiro atoms. The van der Waals surface area contributed by atoms with E-state index in [1.54, 1.807) is 84.1 Å². The Balaban J connectivity index is 0.000000820. The van der Waals surface area contributed by atoms with E-state index in [1.807, 2.05) is 210 Å². The number of aliphatic hydroxyl groups excluding tert-OH is 2. The number of amides is 3. The van der Waals surface area contributed by atoms with Crippen LogP contribution in [0.4, 0.5) is 19.2 Å². The van der Waals surface area contributed by atoms with Crippen LogP contribution in [-0.4, -0.2) is 213 Å². The number of benzene rings is 6. The number of carbonyl (C=O) groups is 9. The second kappa shape index (κ2) is 70.3. The number of terminal acetylenes is 2. The number of hydrogen-bond acceptors (Lipinski definition) is 31. The molecule has 738 valence electrons. The Morgan fingerprint density at radius 1 is 0.493 bits per heavy atom. The Morgan fingerprint density at radius 2 is 0.831 bits per heavy atom. The van der Waals surface area contributed by atoms with Crippen molar-refractivity contribution in [3.8, 4) is 24.7 Å². The molecule has 10 rings (SSSR count). The van der Waals surface area contributed by atoms with Gasteiger partial charge >= 0.3 is 53.6 Å². The van der Waals surface area contributed by atoms with E-state index in [0.717, 1.165) is 72.7 Å². The molecule has 1 aliphatic heterocycles. The van der Waals surface area contributed by atoms with Gasteiger partial charge in [0.25, 0.3) is 0 Å². The summed E-state index contributed by atoms with van der Waals surface area (Å²) in [6.07, 6.45) is 16.8. The molecular weight excluding hydrogens is 1780 g/mol. The van der Waals surface area contributed by atoms with Crippen molar-refractivity contribution >= 4 is 78.0 Å². The lowest BCUT2D eigenvalue weighted by Gasteiger charge is -2.22. The van der Waals surface area contributed by atoms with Crippen LogP contribution < -0.4 is 16.0 Å². The number of rotatable bonds is 34. The molecule has 40 heteroatoms. The minimum atomic E-state index is -1.18. The lowest BCUT2D eigenvalue weighted by atomic mass is 10.1.